The van der Waals surface area contributed by atoms with Crippen LogP contribution in [0, 0.1) is 5.41 Å². The molecule has 1 unspecified atom stereocenters. The number of hydrogen-bond donors (Lipinski definition) is 5. The number of H-pyrrole nitrogens is 1. The average molecular weight is 554 g/mol. The zero-order chi connectivity index (χ0) is 28.7. The lowest BCUT2D eigenvalue weighted by Gasteiger charge is -2.17. The zero-order valence-electron chi connectivity index (χ0n) is 21.3. The van der Waals surface area contributed by atoms with Crippen LogP contribution in [0.25, 0.3) is 5.69 Å². The molecule has 4 rings (SSSR count). The summed E-state index contributed by atoms with van der Waals surface area (Å²) in [5.74, 6) is -0.951. The molecule has 0 fully saturated rings. The van der Waals surface area contributed by atoms with E-state index in [1.165, 1.54) is 7.11 Å². The number of nitrogens with zero attached hydrogens (tertiary/aromatic N) is 2. The molecule has 0 bridgehead atoms. The van der Waals surface area contributed by atoms with Crippen LogP contribution in [-0.4, -0.2) is 57.0 Å². The monoisotopic (exact) mass is 553 g/mol. The first-order valence-electron chi connectivity index (χ1n) is 11.4. The third-order valence-electron chi connectivity index (χ3n) is 5.55. The SMILES string of the molecule is CC(=O)O.COc1ccc(C(Cc2ccc(C(=N)N)cc2)c2nn(-c3ccsc3C(=O)O)c(=O)[nH]2)cc1OC. The van der Waals surface area contributed by atoms with Crippen molar-refractivity contribution in [2.24, 2.45) is 5.73 Å². The summed E-state index contributed by atoms with van der Waals surface area (Å²) >= 11 is 1.02. The van der Waals surface area contributed by atoms with Crippen molar-refractivity contribution in [3.8, 4) is 17.2 Å². The number of thiophene rings is 1. The number of aliphatic carboxylic acids is 1. The van der Waals surface area contributed by atoms with Crippen molar-refractivity contribution in [2.45, 2.75) is 19.3 Å². The van der Waals surface area contributed by atoms with Gasteiger partial charge in [-0.1, -0.05) is 30.3 Å². The number of carboxylic acid groups (broad SMARTS) is 2. The summed E-state index contributed by atoms with van der Waals surface area (Å²) in [5.41, 5.74) is 7.56. The Bertz CT molecular complexity index is 1530. The number of carbonyl (C=O) groups is 2. The van der Waals surface area contributed by atoms with E-state index in [0.717, 1.165) is 34.1 Å². The van der Waals surface area contributed by atoms with E-state index in [4.69, 9.17) is 30.5 Å². The molecular formula is C26H27N5O7S. The first-order chi connectivity index (χ1) is 18.5. The fraction of sp³-hybridized carbons (Fsp3) is 0.192. The van der Waals surface area contributed by atoms with Gasteiger partial charge in [-0.25, -0.2) is 9.59 Å². The van der Waals surface area contributed by atoms with Gasteiger partial charge in [0.2, 0.25) is 0 Å². The molecule has 0 spiro atoms. The molecule has 2 heterocycles. The van der Waals surface area contributed by atoms with E-state index in [1.54, 1.807) is 36.8 Å². The van der Waals surface area contributed by atoms with E-state index >= 15 is 0 Å². The van der Waals surface area contributed by atoms with Crippen LogP contribution in [0.5, 0.6) is 11.5 Å². The summed E-state index contributed by atoms with van der Waals surface area (Å²) in [6.45, 7) is 1.08. The quantitative estimate of drug-likeness (QED) is 0.153. The number of hydrogen-bond acceptors (Lipinski definition) is 8. The number of nitrogen functional groups attached to an aromatic ring is 1. The molecule has 13 heteroatoms. The number of methoxy groups -OCH3 is 2. The molecule has 0 radical (unpaired) electrons. The predicted octanol–water partition coefficient (Wildman–Crippen LogP) is 3.09. The number of carboxylic acids is 2. The van der Waals surface area contributed by atoms with Gasteiger partial charge in [0, 0.05) is 18.4 Å². The summed E-state index contributed by atoms with van der Waals surface area (Å²) < 4.78 is 11.9. The maximum absolute atomic E-state index is 12.8. The minimum absolute atomic E-state index is 0.0210. The Morgan fingerprint density at radius 3 is 2.31 bits per heavy atom. The number of aromatic nitrogens is 3. The molecule has 0 aliphatic rings. The lowest BCUT2D eigenvalue weighted by atomic mass is 9.90. The van der Waals surface area contributed by atoms with Crippen molar-refractivity contribution in [3.05, 3.63) is 91.8 Å². The first kappa shape index (κ1) is 28.7. The van der Waals surface area contributed by atoms with Crippen molar-refractivity contribution < 1.29 is 29.3 Å². The Labute approximate surface area is 226 Å². The van der Waals surface area contributed by atoms with E-state index in [9.17, 15) is 14.7 Å². The number of nitrogens with one attached hydrogen (secondary N) is 2. The van der Waals surface area contributed by atoms with Crippen LogP contribution in [0.3, 0.4) is 0 Å². The Morgan fingerprint density at radius 2 is 1.74 bits per heavy atom. The number of aromatic amines is 1. The zero-order valence-corrected chi connectivity index (χ0v) is 22.1. The third-order valence-corrected chi connectivity index (χ3v) is 6.44. The van der Waals surface area contributed by atoms with Gasteiger partial charge >= 0.3 is 11.7 Å². The van der Waals surface area contributed by atoms with Crippen molar-refractivity contribution in [1.82, 2.24) is 14.8 Å². The van der Waals surface area contributed by atoms with E-state index in [2.05, 4.69) is 10.1 Å². The summed E-state index contributed by atoms with van der Waals surface area (Å²) in [7, 11) is 3.09. The van der Waals surface area contributed by atoms with Crippen LogP contribution < -0.4 is 20.9 Å². The molecule has 0 amide bonds. The van der Waals surface area contributed by atoms with Crippen LogP contribution >= 0.6 is 11.3 Å². The number of amidine groups is 1. The van der Waals surface area contributed by atoms with Gasteiger partial charge in [0.25, 0.3) is 5.97 Å². The summed E-state index contributed by atoms with van der Waals surface area (Å²) in [6.07, 6.45) is 0.454. The van der Waals surface area contributed by atoms with Crippen LogP contribution in [0.4, 0.5) is 0 Å². The second-order valence-corrected chi connectivity index (χ2v) is 9.08. The Balaban J connectivity index is 0.000000983. The third kappa shape index (κ3) is 6.90. The first-order valence-corrected chi connectivity index (χ1v) is 12.3. The van der Waals surface area contributed by atoms with Gasteiger partial charge in [-0.3, -0.25) is 15.2 Å². The molecule has 12 nitrogen and oxygen atoms in total. The van der Waals surface area contributed by atoms with Gasteiger partial charge < -0.3 is 25.4 Å². The number of aromatic carboxylic acids is 1. The van der Waals surface area contributed by atoms with E-state index in [1.807, 2.05) is 24.3 Å². The molecule has 0 saturated carbocycles. The van der Waals surface area contributed by atoms with Crippen LogP contribution in [0.2, 0.25) is 0 Å². The molecule has 0 aliphatic carbocycles. The largest absolute Gasteiger partial charge is 0.493 e. The number of benzene rings is 2. The van der Waals surface area contributed by atoms with E-state index in [0.29, 0.717) is 29.3 Å². The van der Waals surface area contributed by atoms with Gasteiger partial charge in [-0.15, -0.1) is 16.4 Å². The maximum atomic E-state index is 12.8. The molecular weight excluding hydrogens is 526 g/mol. The Morgan fingerprint density at radius 1 is 1.10 bits per heavy atom. The maximum Gasteiger partial charge on any atom is 0.348 e. The van der Waals surface area contributed by atoms with Gasteiger partial charge in [0.1, 0.15) is 16.5 Å². The predicted molar refractivity (Wildman–Crippen MR) is 145 cm³/mol. The molecule has 0 aliphatic heterocycles. The van der Waals surface area contributed by atoms with Crippen molar-refractivity contribution >= 4 is 29.1 Å². The normalized spacial score (nSPS) is 11.2. The molecule has 1 atom stereocenters. The molecule has 0 saturated heterocycles. The lowest BCUT2D eigenvalue weighted by molar-refractivity contribution is -0.134. The van der Waals surface area contributed by atoms with Crippen LogP contribution in [0.1, 0.15) is 45.0 Å². The van der Waals surface area contributed by atoms with Crippen molar-refractivity contribution in [2.75, 3.05) is 14.2 Å². The Hall–Kier alpha value is -4.91. The summed E-state index contributed by atoms with van der Waals surface area (Å²) in [5, 5.41) is 30.6. The summed E-state index contributed by atoms with van der Waals surface area (Å²) in [4.78, 5) is 36.2. The molecule has 39 heavy (non-hydrogen) atoms. The Kier molecular flexibility index (Phi) is 9.23. The number of ether oxygens (including phenoxy) is 2. The average Bonchev–Trinajstić information content (AvgIpc) is 3.53. The summed E-state index contributed by atoms with van der Waals surface area (Å²) in [6, 6.07) is 14.2. The van der Waals surface area contributed by atoms with Crippen LogP contribution in [0.15, 0.2) is 58.7 Å². The minimum atomic E-state index is -1.13. The highest BCUT2D eigenvalue weighted by Gasteiger charge is 2.24. The molecule has 2 aromatic carbocycles. The van der Waals surface area contributed by atoms with E-state index in [-0.39, 0.29) is 16.4 Å². The van der Waals surface area contributed by atoms with Gasteiger partial charge in [0.15, 0.2) is 11.5 Å². The fourth-order valence-corrected chi connectivity index (χ4v) is 4.50. The minimum Gasteiger partial charge on any atom is -0.493 e. The molecule has 6 N–H and O–H groups in total. The molecule has 4 aromatic rings. The lowest BCUT2D eigenvalue weighted by Crippen LogP contribution is -2.17. The van der Waals surface area contributed by atoms with Gasteiger partial charge in [-0.05, 0) is 41.1 Å². The standard InChI is InChI=1S/C24H23N5O5S.C2H4O2/c1-33-18-8-7-15(12-19(18)34-2)16(11-13-3-5-14(6-4-13)21(25)26)22-27-24(32)29(28-22)17-9-10-35-20(17)23(30)31;1-2(3)4/h3-10,12,16H,11H2,1-2H3,(H3,25,26)(H,30,31)(H,27,28,32);1H3,(H,3,4). The van der Waals surface area contributed by atoms with Crippen molar-refractivity contribution in [1.29, 1.82) is 5.41 Å². The number of rotatable bonds is 9. The smallest absolute Gasteiger partial charge is 0.348 e. The van der Waals surface area contributed by atoms with Gasteiger partial charge in [-0.2, -0.15) is 4.68 Å². The van der Waals surface area contributed by atoms with Gasteiger partial charge in [0.05, 0.1) is 19.9 Å². The topological polar surface area (TPSA) is 194 Å². The van der Waals surface area contributed by atoms with E-state index < -0.39 is 23.5 Å². The second kappa shape index (κ2) is 12.6. The molecule has 2 aromatic heterocycles. The highest BCUT2D eigenvalue weighted by Crippen LogP contribution is 2.34. The second-order valence-electron chi connectivity index (χ2n) is 8.17. The molecule has 204 valence electrons. The highest BCUT2D eigenvalue weighted by molar-refractivity contribution is 7.12. The highest BCUT2D eigenvalue weighted by atomic mass is 32.1. The van der Waals surface area contributed by atoms with Crippen molar-refractivity contribution in [3.63, 3.8) is 0 Å². The van der Waals surface area contributed by atoms with Crippen LogP contribution in [-0.2, 0) is 11.2 Å². The number of nitrogens with two attached hydrogens (primary N) is 1. The fourth-order valence-electron chi connectivity index (χ4n) is 3.79.